The molecule has 1 amide bonds. The number of amides is 1. The summed E-state index contributed by atoms with van der Waals surface area (Å²) in [5.41, 5.74) is 6.24. The number of carbonyl (C=O) groups excluding carboxylic acids is 1. The monoisotopic (exact) mass is 210 g/mol. The molecule has 2 rings (SSSR count). The van der Waals surface area contributed by atoms with E-state index < -0.39 is 0 Å². The van der Waals surface area contributed by atoms with E-state index in [0.29, 0.717) is 11.8 Å². The fourth-order valence-corrected chi connectivity index (χ4v) is 2.41. The zero-order valence-corrected chi connectivity index (χ0v) is 9.99. The third kappa shape index (κ3) is 2.03. The second kappa shape index (κ2) is 3.48. The Morgan fingerprint density at radius 3 is 2.53 bits per heavy atom. The van der Waals surface area contributed by atoms with Gasteiger partial charge in [-0.3, -0.25) is 4.79 Å². The van der Waals surface area contributed by atoms with Crippen LogP contribution >= 0.6 is 0 Å². The number of likely N-dealkylation sites (tertiary alicyclic amines) is 1. The van der Waals surface area contributed by atoms with Crippen molar-refractivity contribution in [2.75, 3.05) is 13.1 Å². The first-order valence-electron chi connectivity index (χ1n) is 5.96. The largest absolute Gasteiger partial charge is 0.341 e. The van der Waals surface area contributed by atoms with Gasteiger partial charge in [-0.25, -0.2) is 0 Å². The molecule has 15 heavy (non-hydrogen) atoms. The third-order valence-corrected chi connectivity index (χ3v) is 4.14. The highest BCUT2D eigenvalue weighted by Crippen LogP contribution is 2.52. The van der Waals surface area contributed by atoms with Gasteiger partial charge in [0, 0.05) is 25.0 Å². The standard InChI is InChI=1S/C12H22N2O/c1-8-4-5-14(7-10(8)13)11(15)9-6-12(9,2)3/h8-10H,4-7,13H2,1-3H3. The normalized spacial score (nSPS) is 38.9. The molecular weight excluding hydrogens is 188 g/mol. The Bertz CT molecular complexity index is 275. The smallest absolute Gasteiger partial charge is 0.226 e. The summed E-state index contributed by atoms with van der Waals surface area (Å²) in [6.45, 7) is 8.17. The lowest BCUT2D eigenvalue weighted by atomic mass is 9.94. The Hall–Kier alpha value is -0.570. The predicted octanol–water partition coefficient (Wildman–Crippen LogP) is 1.23. The molecule has 0 bridgehead atoms. The molecule has 2 aliphatic rings. The van der Waals surface area contributed by atoms with Gasteiger partial charge in [0.05, 0.1) is 0 Å². The molecule has 1 aliphatic heterocycles. The van der Waals surface area contributed by atoms with Crippen molar-refractivity contribution in [3.05, 3.63) is 0 Å². The molecule has 3 atom stereocenters. The van der Waals surface area contributed by atoms with Gasteiger partial charge in [-0.1, -0.05) is 20.8 Å². The Labute approximate surface area is 92.0 Å². The summed E-state index contributed by atoms with van der Waals surface area (Å²) in [6, 6.07) is 0.171. The van der Waals surface area contributed by atoms with Crippen molar-refractivity contribution in [3.63, 3.8) is 0 Å². The second-order valence-electron chi connectivity index (χ2n) is 5.96. The maximum atomic E-state index is 12.1. The van der Waals surface area contributed by atoms with Crippen LogP contribution in [0.15, 0.2) is 0 Å². The lowest BCUT2D eigenvalue weighted by molar-refractivity contribution is -0.135. The molecule has 1 saturated heterocycles. The lowest BCUT2D eigenvalue weighted by Crippen LogP contribution is -2.50. The van der Waals surface area contributed by atoms with Crippen LogP contribution in [-0.2, 0) is 4.79 Å². The molecule has 0 spiro atoms. The Kier molecular flexibility index (Phi) is 2.53. The van der Waals surface area contributed by atoms with Crippen LogP contribution in [0.3, 0.4) is 0 Å². The number of hydrogen-bond donors (Lipinski definition) is 1. The molecule has 2 N–H and O–H groups in total. The summed E-state index contributed by atoms with van der Waals surface area (Å²) in [5, 5.41) is 0. The molecule has 3 heteroatoms. The fraction of sp³-hybridized carbons (Fsp3) is 0.917. The van der Waals surface area contributed by atoms with E-state index in [-0.39, 0.29) is 17.4 Å². The first kappa shape index (κ1) is 10.9. The summed E-state index contributed by atoms with van der Waals surface area (Å²) in [5.74, 6) is 1.15. The molecule has 1 heterocycles. The predicted molar refractivity (Wildman–Crippen MR) is 60.2 cm³/mol. The Morgan fingerprint density at radius 1 is 1.47 bits per heavy atom. The highest BCUT2D eigenvalue weighted by Gasteiger charge is 2.52. The number of nitrogens with two attached hydrogens (primary N) is 1. The van der Waals surface area contributed by atoms with Crippen molar-refractivity contribution >= 4 is 5.91 Å². The molecule has 0 aromatic heterocycles. The lowest BCUT2D eigenvalue weighted by Gasteiger charge is -2.35. The fourth-order valence-electron chi connectivity index (χ4n) is 2.41. The van der Waals surface area contributed by atoms with E-state index >= 15 is 0 Å². The summed E-state index contributed by atoms with van der Waals surface area (Å²) in [7, 11) is 0. The molecule has 2 fully saturated rings. The molecule has 1 saturated carbocycles. The van der Waals surface area contributed by atoms with Crippen LogP contribution < -0.4 is 5.73 Å². The molecular formula is C12H22N2O. The van der Waals surface area contributed by atoms with Crippen molar-refractivity contribution in [1.82, 2.24) is 4.90 Å². The Balaban J connectivity index is 1.92. The van der Waals surface area contributed by atoms with Gasteiger partial charge in [-0.15, -0.1) is 0 Å². The zero-order chi connectivity index (χ0) is 11.2. The van der Waals surface area contributed by atoms with E-state index in [0.717, 1.165) is 25.9 Å². The first-order chi connectivity index (χ1) is 6.92. The summed E-state index contributed by atoms with van der Waals surface area (Å²) in [6.07, 6.45) is 2.10. The van der Waals surface area contributed by atoms with Crippen LogP contribution in [0, 0.1) is 17.3 Å². The van der Waals surface area contributed by atoms with Gasteiger partial charge in [-0.05, 0) is 24.2 Å². The van der Waals surface area contributed by atoms with Gasteiger partial charge in [0.15, 0.2) is 0 Å². The van der Waals surface area contributed by atoms with Crippen molar-refractivity contribution < 1.29 is 4.79 Å². The van der Waals surface area contributed by atoms with Crippen molar-refractivity contribution in [1.29, 1.82) is 0 Å². The van der Waals surface area contributed by atoms with E-state index in [1.807, 2.05) is 4.90 Å². The van der Waals surface area contributed by atoms with E-state index in [2.05, 4.69) is 20.8 Å². The summed E-state index contributed by atoms with van der Waals surface area (Å²) >= 11 is 0. The topological polar surface area (TPSA) is 46.3 Å². The van der Waals surface area contributed by atoms with Crippen molar-refractivity contribution in [2.24, 2.45) is 23.0 Å². The van der Waals surface area contributed by atoms with Crippen LogP contribution in [0.2, 0.25) is 0 Å². The molecule has 0 radical (unpaired) electrons. The molecule has 0 aromatic rings. The van der Waals surface area contributed by atoms with Crippen LogP contribution in [0.5, 0.6) is 0 Å². The molecule has 3 nitrogen and oxygen atoms in total. The molecule has 1 aliphatic carbocycles. The number of piperidine rings is 1. The zero-order valence-electron chi connectivity index (χ0n) is 9.99. The van der Waals surface area contributed by atoms with Gasteiger partial charge in [0.1, 0.15) is 0 Å². The van der Waals surface area contributed by atoms with Gasteiger partial charge in [-0.2, -0.15) is 0 Å². The highest BCUT2D eigenvalue weighted by atomic mass is 16.2. The number of carbonyl (C=O) groups is 1. The minimum absolute atomic E-state index is 0.171. The maximum absolute atomic E-state index is 12.1. The average Bonchev–Trinajstić information content (AvgIpc) is 2.79. The maximum Gasteiger partial charge on any atom is 0.226 e. The van der Waals surface area contributed by atoms with Gasteiger partial charge < -0.3 is 10.6 Å². The van der Waals surface area contributed by atoms with Gasteiger partial charge in [0.2, 0.25) is 5.91 Å². The van der Waals surface area contributed by atoms with Crippen LogP contribution in [-0.4, -0.2) is 29.9 Å². The van der Waals surface area contributed by atoms with Crippen molar-refractivity contribution in [2.45, 2.75) is 39.7 Å². The van der Waals surface area contributed by atoms with E-state index in [4.69, 9.17) is 5.73 Å². The van der Waals surface area contributed by atoms with E-state index in [1.54, 1.807) is 0 Å². The van der Waals surface area contributed by atoms with E-state index in [9.17, 15) is 4.79 Å². The van der Waals surface area contributed by atoms with Crippen LogP contribution in [0.25, 0.3) is 0 Å². The second-order valence-corrected chi connectivity index (χ2v) is 5.96. The van der Waals surface area contributed by atoms with Gasteiger partial charge >= 0.3 is 0 Å². The third-order valence-electron chi connectivity index (χ3n) is 4.14. The SMILES string of the molecule is CC1CCN(C(=O)C2CC2(C)C)CC1N. The van der Waals surface area contributed by atoms with Gasteiger partial charge in [0.25, 0.3) is 0 Å². The average molecular weight is 210 g/mol. The summed E-state index contributed by atoms with van der Waals surface area (Å²) in [4.78, 5) is 14.1. The summed E-state index contributed by atoms with van der Waals surface area (Å²) < 4.78 is 0. The van der Waals surface area contributed by atoms with Crippen molar-refractivity contribution in [3.8, 4) is 0 Å². The quantitative estimate of drug-likeness (QED) is 0.707. The molecule has 3 unspecified atom stereocenters. The molecule has 0 aromatic carbocycles. The highest BCUT2D eigenvalue weighted by molar-refractivity contribution is 5.82. The van der Waals surface area contributed by atoms with Crippen LogP contribution in [0.1, 0.15) is 33.6 Å². The number of nitrogens with zero attached hydrogens (tertiary/aromatic N) is 1. The van der Waals surface area contributed by atoms with Crippen LogP contribution in [0.4, 0.5) is 0 Å². The number of rotatable bonds is 1. The Morgan fingerprint density at radius 2 is 2.07 bits per heavy atom. The minimum atomic E-state index is 0.171. The number of hydrogen-bond acceptors (Lipinski definition) is 2. The molecule has 86 valence electrons. The minimum Gasteiger partial charge on any atom is -0.341 e. The van der Waals surface area contributed by atoms with E-state index in [1.165, 1.54) is 0 Å². The first-order valence-corrected chi connectivity index (χ1v) is 5.96.